The average molecular weight is 290 g/mol. The number of halogens is 2. The van der Waals surface area contributed by atoms with Crippen molar-refractivity contribution in [2.45, 2.75) is 0 Å². The number of hydrogen-bond donors (Lipinski definition) is 2. The van der Waals surface area contributed by atoms with Crippen LogP contribution in [0.2, 0.25) is 0 Å². The molecule has 0 bridgehead atoms. The number of thiocarbonyl (C=S) groups is 1. The lowest BCUT2D eigenvalue weighted by molar-refractivity contribution is 0.0759. The number of anilines is 1. The van der Waals surface area contributed by atoms with Gasteiger partial charge in [-0.3, -0.25) is 0 Å². The van der Waals surface area contributed by atoms with E-state index in [4.69, 9.17) is 15.2 Å². The first-order chi connectivity index (χ1) is 9.06. The van der Waals surface area contributed by atoms with Gasteiger partial charge in [0.2, 0.25) is 0 Å². The van der Waals surface area contributed by atoms with Crippen LogP contribution in [0.3, 0.4) is 0 Å². The van der Waals surface area contributed by atoms with Crippen molar-refractivity contribution in [3.8, 4) is 0 Å². The number of nitrogens with two attached hydrogens (primary N) is 1. The second kappa shape index (κ2) is 7.98. The highest BCUT2D eigenvalue weighted by molar-refractivity contribution is 7.80. The molecular weight excluding hydrogens is 274 g/mol. The number of ether oxygens (including phenoxy) is 2. The molecule has 0 heterocycles. The molecule has 0 aromatic heterocycles. The van der Waals surface area contributed by atoms with Crippen molar-refractivity contribution in [3.05, 3.63) is 29.3 Å². The molecule has 0 aliphatic rings. The molecule has 19 heavy (non-hydrogen) atoms. The topological polar surface area (TPSA) is 56.5 Å². The standard InChI is InChI=1S/C12H16F2N2O2S/c1-17-4-5-18-3-2-16-11-9(13)6-8(12(15)19)7-10(11)14/h6-7,16H,2-5H2,1H3,(H2,15,19). The van der Waals surface area contributed by atoms with Crippen LogP contribution in [0.15, 0.2) is 12.1 Å². The Morgan fingerprint density at radius 3 is 2.42 bits per heavy atom. The minimum atomic E-state index is -0.736. The first-order valence-electron chi connectivity index (χ1n) is 5.65. The Bertz CT molecular complexity index is 421. The van der Waals surface area contributed by atoms with Crippen LogP contribution in [0, 0.1) is 11.6 Å². The van der Waals surface area contributed by atoms with Crippen molar-refractivity contribution >= 4 is 22.9 Å². The van der Waals surface area contributed by atoms with E-state index in [-0.39, 0.29) is 22.8 Å². The van der Waals surface area contributed by atoms with Gasteiger partial charge in [-0.2, -0.15) is 0 Å². The van der Waals surface area contributed by atoms with Crippen LogP contribution in [0.1, 0.15) is 5.56 Å². The third-order valence-electron chi connectivity index (χ3n) is 2.31. The van der Waals surface area contributed by atoms with Crippen LogP contribution >= 0.6 is 12.2 Å². The van der Waals surface area contributed by atoms with Crippen LogP contribution in [-0.4, -0.2) is 38.5 Å². The van der Waals surface area contributed by atoms with Gasteiger partial charge < -0.3 is 20.5 Å². The SMILES string of the molecule is COCCOCCNc1c(F)cc(C(N)=S)cc1F. The smallest absolute Gasteiger partial charge is 0.150 e. The summed E-state index contributed by atoms with van der Waals surface area (Å²) in [5.74, 6) is -1.47. The first kappa shape index (κ1) is 15.7. The third kappa shape index (κ3) is 5.06. The van der Waals surface area contributed by atoms with Crippen molar-refractivity contribution in [1.82, 2.24) is 0 Å². The van der Waals surface area contributed by atoms with Crippen LogP contribution in [0.4, 0.5) is 14.5 Å². The number of hydrogen-bond acceptors (Lipinski definition) is 4. The van der Waals surface area contributed by atoms with E-state index in [0.717, 1.165) is 12.1 Å². The van der Waals surface area contributed by atoms with Crippen LogP contribution < -0.4 is 11.1 Å². The molecule has 0 atom stereocenters. The Morgan fingerprint density at radius 2 is 1.89 bits per heavy atom. The fraction of sp³-hybridized carbons (Fsp3) is 0.417. The largest absolute Gasteiger partial charge is 0.389 e. The average Bonchev–Trinajstić information content (AvgIpc) is 2.35. The first-order valence-corrected chi connectivity index (χ1v) is 6.06. The molecular formula is C12H16F2N2O2S. The normalized spacial score (nSPS) is 10.5. The lowest BCUT2D eigenvalue weighted by Crippen LogP contribution is -2.15. The van der Waals surface area contributed by atoms with Gasteiger partial charge >= 0.3 is 0 Å². The van der Waals surface area contributed by atoms with Crippen molar-refractivity contribution in [2.75, 3.05) is 38.8 Å². The zero-order chi connectivity index (χ0) is 14.3. The molecule has 1 rings (SSSR count). The summed E-state index contributed by atoms with van der Waals surface area (Å²) in [4.78, 5) is -0.0488. The molecule has 0 aliphatic heterocycles. The fourth-order valence-electron chi connectivity index (χ4n) is 1.38. The molecule has 0 radical (unpaired) electrons. The number of benzene rings is 1. The van der Waals surface area contributed by atoms with E-state index in [2.05, 4.69) is 17.5 Å². The Morgan fingerprint density at radius 1 is 1.26 bits per heavy atom. The minimum Gasteiger partial charge on any atom is -0.389 e. The van der Waals surface area contributed by atoms with E-state index in [1.165, 1.54) is 0 Å². The monoisotopic (exact) mass is 290 g/mol. The maximum absolute atomic E-state index is 13.6. The van der Waals surface area contributed by atoms with Crippen LogP contribution in [0.25, 0.3) is 0 Å². The molecule has 0 saturated carbocycles. The second-order valence-electron chi connectivity index (χ2n) is 3.71. The minimum absolute atomic E-state index is 0.0488. The zero-order valence-corrected chi connectivity index (χ0v) is 11.4. The number of methoxy groups -OCH3 is 1. The Balaban J connectivity index is 2.52. The van der Waals surface area contributed by atoms with Crippen molar-refractivity contribution in [2.24, 2.45) is 5.73 Å². The van der Waals surface area contributed by atoms with E-state index in [1.54, 1.807) is 7.11 Å². The molecule has 0 unspecified atom stereocenters. The Hall–Kier alpha value is -1.31. The highest BCUT2D eigenvalue weighted by Gasteiger charge is 2.11. The van der Waals surface area contributed by atoms with E-state index in [0.29, 0.717) is 19.8 Å². The molecule has 0 amide bonds. The summed E-state index contributed by atoms with van der Waals surface area (Å²) in [7, 11) is 1.57. The van der Waals surface area contributed by atoms with Crippen molar-refractivity contribution in [3.63, 3.8) is 0 Å². The molecule has 0 spiro atoms. The molecule has 0 aliphatic carbocycles. The van der Waals surface area contributed by atoms with Gasteiger partial charge in [0.1, 0.15) is 22.3 Å². The predicted molar refractivity (Wildman–Crippen MR) is 73.4 cm³/mol. The molecule has 7 heteroatoms. The van der Waals surface area contributed by atoms with Crippen LogP contribution in [0.5, 0.6) is 0 Å². The number of rotatable bonds is 8. The maximum atomic E-state index is 13.6. The number of nitrogens with one attached hydrogen (secondary N) is 1. The van der Waals surface area contributed by atoms with Gasteiger partial charge in [0.15, 0.2) is 0 Å². The third-order valence-corrected chi connectivity index (χ3v) is 2.54. The van der Waals surface area contributed by atoms with E-state index in [9.17, 15) is 8.78 Å². The van der Waals surface area contributed by atoms with E-state index in [1.807, 2.05) is 0 Å². The van der Waals surface area contributed by atoms with Gasteiger partial charge in [-0.05, 0) is 12.1 Å². The van der Waals surface area contributed by atoms with Crippen molar-refractivity contribution < 1.29 is 18.3 Å². The molecule has 106 valence electrons. The van der Waals surface area contributed by atoms with Gasteiger partial charge in [-0.15, -0.1) is 0 Å². The molecule has 0 fully saturated rings. The zero-order valence-electron chi connectivity index (χ0n) is 10.5. The van der Waals surface area contributed by atoms with Gasteiger partial charge in [0.25, 0.3) is 0 Å². The predicted octanol–water partition coefficient (Wildman–Crippen LogP) is 1.67. The molecule has 1 aromatic carbocycles. The lowest BCUT2D eigenvalue weighted by Gasteiger charge is -2.10. The second-order valence-corrected chi connectivity index (χ2v) is 4.15. The van der Waals surface area contributed by atoms with E-state index >= 15 is 0 Å². The quantitative estimate of drug-likeness (QED) is 0.563. The molecule has 0 saturated heterocycles. The lowest BCUT2D eigenvalue weighted by atomic mass is 10.2. The summed E-state index contributed by atoms with van der Waals surface area (Å²) in [5, 5.41) is 2.62. The molecule has 1 aromatic rings. The van der Waals surface area contributed by atoms with Crippen molar-refractivity contribution in [1.29, 1.82) is 0 Å². The summed E-state index contributed by atoms with van der Waals surface area (Å²) < 4.78 is 37.2. The summed E-state index contributed by atoms with van der Waals surface area (Å²) in [6, 6.07) is 2.19. The van der Waals surface area contributed by atoms with Gasteiger partial charge in [0.05, 0.1) is 19.8 Å². The molecule has 4 nitrogen and oxygen atoms in total. The summed E-state index contributed by atoms with van der Waals surface area (Å²) in [6.07, 6.45) is 0. The fourth-order valence-corrected chi connectivity index (χ4v) is 1.49. The Labute approximate surface area is 115 Å². The summed E-state index contributed by atoms with van der Waals surface area (Å²) in [5.41, 5.74) is 5.26. The molecule has 3 N–H and O–H groups in total. The highest BCUT2D eigenvalue weighted by atomic mass is 32.1. The van der Waals surface area contributed by atoms with Gasteiger partial charge in [-0.25, -0.2) is 8.78 Å². The van der Waals surface area contributed by atoms with Gasteiger partial charge in [0, 0.05) is 19.2 Å². The van der Waals surface area contributed by atoms with Gasteiger partial charge in [-0.1, -0.05) is 12.2 Å². The maximum Gasteiger partial charge on any atom is 0.150 e. The highest BCUT2D eigenvalue weighted by Crippen LogP contribution is 2.20. The van der Waals surface area contributed by atoms with E-state index < -0.39 is 11.6 Å². The van der Waals surface area contributed by atoms with Crippen LogP contribution in [-0.2, 0) is 9.47 Å². The summed E-state index contributed by atoms with van der Waals surface area (Å²) >= 11 is 4.66. The summed E-state index contributed by atoms with van der Waals surface area (Å²) in [6.45, 7) is 1.51. The Kier molecular flexibility index (Phi) is 6.61.